The molecule has 0 saturated carbocycles. The molecule has 0 aliphatic carbocycles. The molecular formula is C17H16BrN5S. The predicted molar refractivity (Wildman–Crippen MR) is 104 cm³/mol. The molecule has 1 aromatic heterocycles. The second kappa shape index (κ2) is 7.63. The average molecular weight is 402 g/mol. The van der Waals surface area contributed by atoms with E-state index in [2.05, 4.69) is 41.7 Å². The molecule has 2 aromatic carbocycles. The second-order valence-corrected chi connectivity index (χ2v) is 7.33. The molecule has 0 saturated heterocycles. The Kier molecular flexibility index (Phi) is 5.32. The number of hydrogen-bond acceptors (Lipinski definition) is 5. The summed E-state index contributed by atoms with van der Waals surface area (Å²) >= 11 is 4.93. The van der Waals surface area contributed by atoms with Gasteiger partial charge in [-0.15, -0.1) is 10.2 Å². The number of anilines is 1. The fraction of sp³-hybridized carbons (Fsp3) is 0.176. The summed E-state index contributed by atoms with van der Waals surface area (Å²) in [6.07, 6.45) is 0. The molecule has 0 amide bonds. The number of hydrazone groups is 1. The molecule has 0 aliphatic heterocycles. The molecule has 0 atom stereocenters. The van der Waals surface area contributed by atoms with Crippen LogP contribution in [-0.4, -0.2) is 10.8 Å². The van der Waals surface area contributed by atoms with E-state index in [4.69, 9.17) is 0 Å². The quantitative estimate of drug-likeness (QED) is 0.244. The van der Waals surface area contributed by atoms with Crippen molar-refractivity contribution in [1.82, 2.24) is 4.98 Å². The van der Waals surface area contributed by atoms with Crippen LogP contribution in [0.2, 0.25) is 0 Å². The van der Waals surface area contributed by atoms with Crippen LogP contribution < -0.4 is 5.43 Å². The number of azo groups is 1. The van der Waals surface area contributed by atoms with E-state index < -0.39 is 0 Å². The zero-order valence-corrected chi connectivity index (χ0v) is 15.7. The maximum absolute atomic E-state index is 4.45. The van der Waals surface area contributed by atoms with E-state index in [9.17, 15) is 0 Å². The summed E-state index contributed by atoms with van der Waals surface area (Å²) in [5, 5.41) is 13.5. The van der Waals surface area contributed by atoms with Crippen molar-refractivity contribution in [3.63, 3.8) is 0 Å². The van der Waals surface area contributed by atoms with Crippen LogP contribution >= 0.6 is 27.3 Å². The van der Waals surface area contributed by atoms with Gasteiger partial charge < -0.3 is 0 Å². The number of amidine groups is 1. The van der Waals surface area contributed by atoms with Crippen molar-refractivity contribution < 1.29 is 0 Å². The van der Waals surface area contributed by atoms with Crippen LogP contribution in [0.4, 0.5) is 10.8 Å². The zero-order valence-electron chi connectivity index (χ0n) is 13.3. The second-order valence-electron chi connectivity index (χ2n) is 5.41. The Morgan fingerprint density at radius 2 is 1.88 bits per heavy atom. The molecule has 0 fully saturated rings. The predicted octanol–water partition coefficient (Wildman–Crippen LogP) is 6.22. The van der Waals surface area contributed by atoms with Gasteiger partial charge in [-0.1, -0.05) is 53.2 Å². The highest BCUT2D eigenvalue weighted by atomic mass is 79.9. The standard InChI is InChI=1S/C17H16BrN5S/c1-11(2)16(21-20-13-9-7-12(18)8-10-13)22-23-17-19-14-5-3-4-6-15(14)24-17/h3-11,20H,1-2H3. The first-order chi connectivity index (χ1) is 11.6. The lowest BCUT2D eigenvalue weighted by atomic mass is 10.2. The summed E-state index contributed by atoms with van der Waals surface area (Å²) < 4.78 is 2.12. The summed E-state index contributed by atoms with van der Waals surface area (Å²) in [4.78, 5) is 4.45. The van der Waals surface area contributed by atoms with E-state index in [1.165, 1.54) is 11.3 Å². The van der Waals surface area contributed by atoms with Crippen LogP contribution in [0.15, 0.2) is 68.3 Å². The molecule has 122 valence electrons. The van der Waals surface area contributed by atoms with Gasteiger partial charge in [0, 0.05) is 10.4 Å². The fourth-order valence-corrected chi connectivity index (χ4v) is 2.96. The van der Waals surface area contributed by atoms with Gasteiger partial charge in [0.15, 0.2) is 5.84 Å². The van der Waals surface area contributed by atoms with Gasteiger partial charge in [-0.3, -0.25) is 5.43 Å². The molecule has 0 bridgehead atoms. The largest absolute Gasteiger partial charge is 0.277 e. The Bertz CT molecular complexity index is 850. The van der Waals surface area contributed by atoms with Gasteiger partial charge in [0.2, 0.25) is 5.13 Å². The molecule has 0 unspecified atom stereocenters. The average Bonchev–Trinajstić information content (AvgIpc) is 2.99. The van der Waals surface area contributed by atoms with Crippen LogP contribution in [0, 0.1) is 5.92 Å². The summed E-state index contributed by atoms with van der Waals surface area (Å²) in [5.74, 6) is 0.767. The fourth-order valence-electron chi connectivity index (χ4n) is 1.91. The van der Waals surface area contributed by atoms with Crippen LogP contribution in [-0.2, 0) is 0 Å². The number of fused-ring (bicyclic) bond motifs is 1. The highest BCUT2D eigenvalue weighted by Crippen LogP contribution is 2.28. The summed E-state index contributed by atoms with van der Waals surface area (Å²) in [5.41, 5.74) is 4.84. The van der Waals surface area contributed by atoms with Crippen molar-refractivity contribution in [2.24, 2.45) is 21.2 Å². The number of aromatic nitrogens is 1. The van der Waals surface area contributed by atoms with Crippen molar-refractivity contribution in [3.05, 3.63) is 53.0 Å². The maximum atomic E-state index is 4.45. The van der Waals surface area contributed by atoms with Crippen LogP contribution in [0.5, 0.6) is 0 Å². The number of para-hydroxylation sites is 1. The topological polar surface area (TPSA) is 62.0 Å². The summed E-state index contributed by atoms with van der Waals surface area (Å²) in [7, 11) is 0. The lowest BCUT2D eigenvalue weighted by Crippen LogP contribution is -2.06. The number of thiazole rings is 1. The Labute approximate surface area is 152 Å². The van der Waals surface area contributed by atoms with E-state index >= 15 is 0 Å². The Hall–Kier alpha value is -2.12. The minimum Gasteiger partial charge on any atom is -0.277 e. The number of rotatable bonds is 4. The molecule has 24 heavy (non-hydrogen) atoms. The van der Waals surface area contributed by atoms with Crippen molar-refractivity contribution >= 4 is 54.1 Å². The van der Waals surface area contributed by atoms with Gasteiger partial charge in [0.25, 0.3) is 0 Å². The number of hydrogen-bond donors (Lipinski definition) is 1. The SMILES string of the molecule is CC(C)C(N=Nc1nc2ccccc2s1)=NNc1ccc(Br)cc1. The number of halogens is 1. The molecule has 3 aromatic rings. The van der Waals surface area contributed by atoms with Gasteiger partial charge in [-0.05, 0) is 36.4 Å². The number of benzene rings is 2. The maximum Gasteiger partial charge on any atom is 0.231 e. The van der Waals surface area contributed by atoms with Gasteiger partial charge in [-0.2, -0.15) is 5.10 Å². The molecule has 0 radical (unpaired) electrons. The van der Waals surface area contributed by atoms with Crippen LogP contribution in [0.3, 0.4) is 0 Å². The molecule has 1 heterocycles. The van der Waals surface area contributed by atoms with Gasteiger partial charge in [0.1, 0.15) is 0 Å². The molecule has 7 heteroatoms. The molecular weight excluding hydrogens is 386 g/mol. The van der Waals surface area contributed by atoms with Crippen molar-refractivity contribution in [1.29, 1.82) is 0 Å². The first kappa shape index (κ1) is 16.7. The van der Waals surface area contributed by atoms with Crippen molar-refractivity contribution in [2.75, 3.05) is 5.43 Å². The minimum atomic E-state index is 0.145. The third-order valence-corrected chi connectivity index (χ3v) is 4.63. The van der Waals surface area contributed by atoms with Crippen molar-refractivity contribution in [3.8, 4) is 0 Å². The van der Waals surface area contributed by atoms with Gasteiger partial charge >= 0.3 is 0 Å². The number of nitrogens with zero attached hydrogens (tertiary/aromatic N) is 4. The van der Waals surface area contributed by atoms with Gasteiger partial charge in [-0.25, -0.2) is 4.98 Å². The van der Waals surface area contributed by atoms with E-state index in [0.29, 0.717) is 11.0 Å². The van der Waals surface area contributed by atoms with Crippen molar-refractivity contribution in [2.45, 2.75) is 13.8 Å². The first-order valence-electron chi connectivity index (χ1n) is 7.48. The van der Waals surface area contributed by atoms with Gasteiger partial charge in [0.05, 0.1) is 15.9 Å². The monoisotopic (exact) mass is 401 g/mol. The minimum absolute atomic E-state index is 0.145. The van der Waals surface area contributed by atoms with E-state index in [1.807, 2.05) is 62.4 Å². The molecule has 1 N–H and O–H groups in total. The summed E-state index contributed by atoms with van der Waals surface area (Å²) in [6.45, 7) is 4.05. The molecule has 3 rings (SSSR count). The molecule has 5 nitrogen and oxygen atoms in total. The Balaban J connectivity index is 1.77. The van der Waals surface area contributed by atoms with Crippen LogP contribution in [0.1, 0.15) is 13.8 Å². The highest BCUT2D eigenvalue weighted by molar-refractivity contribution is 9.10. The number of nitrogens with one attached hydrogen (secondary N) is 1. The Morgan fingerprint density at radius 1 is 1.12 bits per heavy atom. The lowest BCUT2D eigenvalue weighted by molar-refractivity contribution is 0.858. The van der Waals surface area contributed by atoms with E-state index in [0.717, 1.165) is 20.4 Å². The lowest BCUT2D eigenvalue weighted by Gasteiger charge is -2.05. The first-order valence-corrected chi connectivity index (χ1v) is 9.09. The van der Waals surface area contributed by atoms with E-state index in [-0.39, 0.29) is 5.92 Å². The summed E-state index contributed by atoms with van der Waals surface area (Å²) in [6, 6.07) is 15.7. The van der Waals surface area contributed by atoms with Crippen LogP contribution in [0.25, 0.3) is 10.2 Å². The van der Waals surface area contributed by atoms with E-state index in [1.54, 1.807) is 0 Å². The zero-order chi connectivity index (χ0) is 16.9. The molecule has 0 aliphatic rings. The highest BCUT2D eigenvalue weighted by Gasteiger charge is 2.06. The smallest absolute Gasteiger partial charge is 0.231 e. The molecule has 0 spiro atoms. The Morgan fingerprint density at radius 3 is 2.58 bits per heavy atom. The third-order valence-electron chi connectivity index (χ3n) is 3.18. The third kappa shape index (κ3) is 4.24. The normalized spacial score (nSPS) is 12.4.